The van der Waals surface area contributed by atoms with Gasteiger partial charge in [0, 0.05) is 10.9 Å². The highest BCUT2D eigenvalue weighted by atomic mass is 32.2. The fourth-order valence-corrected chi connectivity index (χ4v) is 6.61. The molecule has 1 N–H and O–H groups in total. The molecule has 1 aromatic carbocycles. The summed E-state index contributed by atoms with van der Waals surface area (Å²) in [7, 11) is 0. The van der Waals surface area contributed by atoms with Crippen LogP contribution in [0.4, 0.5) is 0 Å². The molecule has 1 aromatic heterocycles. The van der Waals surface area contributed by atoms with Crippen LogP contribution in [0.1, 0.15) is 38.5 Å². The molecule has 25 heavy (non-hydrogen) atoms. The third-order valence-corrected chi connectivity index (χ3v) is 7.29. The zero-order chi connectivity index (χ0) is 16.9. The molecule has 5 heteroatoms. The SMILES string of the molecule is O=C(CSc1ncnc2ccccc12)NC12CC3CC(CC(C3)C1)C2. The third kappa shape index (κ3) is 2.92. The zero-order valence-corrected chi connectivity index (χ0v) is 15.1. The molecule has 0 aliphatic heterocycles. The maximum atomic E-state index is 12.7. The van der Waals surface area contributed by atoms with Gasteiger partial charge in [-0.2, -0.15) is 0 Å². The van der Waals surface area contributed by atoms with E-state index in [1.807, 2.05) is 24.3 Å². The molecule has 4 fully saturated rings. The van der Waals surface area contributed by atoms with Gasteiger partial charge < -0.3 is 5.32 Å². The van der Waals surface area contributed by atoms with Crippen molar-refractivity contribution < 1.29 is 4.79 Å². The van der Waals surface area contributed by atoms with Gasteiger partial charge in [0.2, 0.25) is 5.91 Å². The average Bonchev–Trinajstić information content (AvgIpc) is 2.58. The van der Waals surface area contributed by atoms with E-state index in [1.165, 1.54) is 50.3 Å². The molecule has 130 valence electrons. The first-order chi connectivity index (χ1) is 12.2. The number of amides is 1. The number of hydrogen-bond donors (Lipinski definition) is 1. The van der Waals surface area contributed by atoms with Crippen molar-refractivity contribution in [3.63, 3.8) is 0 Å². The fourth-order valence-electron chi connectivity index (χ4n) is 5.82. The van der Waals surface area contributed by atoms with Gasteiger partial charge in [0.15, 0.2) is 0 Å². The summed E-state index contributed by atoms with van der Waals surface area (Å²) in [5, 5.41) is 5.36. The maximum absolute atomic E-state index is 12.7. The summed E-state index contributed by atoms with van der Waals surface area (Å²) in [5.74, 6) is 3.15. The van der Waals surface area contributed by atoms with Gasteiger partial charge in [-0.25, -0.2) is 9.97 Å². The molecule has 4 saturated carbocycles. The molecule has 4 bridgehead atoms. The van der Waals surface area contributed by atoms with Gasteiger partial charge in [0.25, 0.3) is 0 Å². The molecule has 4 aliphatic carbocycles. The summed E-state index contributed by atoms with van der Waals surface area (Å²) in [5.41, 5.74) is 1.03. The summed E-state index contributed by atoms with van der Waals surface area (Å²) in [4.78, 5) is 21.3. The average molecular weight is 353 g/mol. The van der Waals surface area contributed by atoms with E-state index in [2.05, 4.69) is 15.3 Å². The lowest BCUT2D eigenvalue weighted by Gasteiger charge is -2.56. The van der Waals surface area contributed by atoms with Crippen LogP contribution >= 0.6 is 11.8 Å². The van der Waals surface area contributed by atoms with Gasteiger partial charge in [0.1, 0.15) is 11.4 Å². The number of benzene rings is 1. The minimum atomic E-state index is 0.0974. The number of para-hydroxylation sites is 1. The van der Waals surface area contributed by atoms with Crippen molar-refractivity contribution in [2.45, 2.75) is 49.1 Å². The van der Waals surface area contributed by atoms with Gasteiger partial charge >= 0.3 is 0 Å². The molecule has 1 heterocycles. The molecule has 2 aromatic rings. The summed E-state index contributed by atoms with van der Waals surface area (Å²) >= 11 is 1.52. The lowest BCUT2D eigenvalue weighted by molar-refractivity contribution is -0.124. The topological polar surface area (TPSA) is 54.9 Å². The van der Waals surface area contributed by atoms with Crippen LogP contribution in [-0.4, -0.2) is 27.2 Å². The Morgan fingerprint density at radius 1 is 1.08 bits per heavy atom. The summed E-state index contributed by atoms with van der Waals surface area (Å²) in [6.07, 6.45) is 9.38. The number of carbonyl (C=O) groups excluding carboxylic acids is 1. The number of rotatable bonds is 4. The van der Waals surface area contributed by atoms with E-state index in [4.69, 9.17) is 0 Å². The van der Waals surface area contributed by atoms with Gasteiger partial charge in [0.05, 0.1) is 11.3 Å². The second-order valence-electron chi connectivity index (χ2n) is 8.23. The maximum Gasteiger partial charge on any atom is 0.230 e. The molecule has 4 aliphatic rings. The van der Waals surface area contributed by atoms with Crippen molar-refractivity contribution in [1.29, 1.82) is 0 Å². The lowest BCUT2D eigenvalue weighted by Crippen LogP contribution is -2.60. The summed E-state index contributed by atoms with van der Waals surface area (Å²) in [6.45, 7) is 0. The van der Waals surface area contributed by atoms with Crippen LogP contribution in [0.3, 0.4) is 0 Å². The highest BCUT2D eigenvalue weighted by Crippen LogP contribution is 2.55. The smallest absolute Gasteiger partial charge is 0.230 e. The zero-order valence-electron chi connectivity index (χ0n) is 14.3. The Labute approximate surface area is 152 Å². The monoisotopic (exact) mass is 353 g/mol. The Bertz CT molecular complexity index is 781. The van der Waals surface area contributed by atoms with Crippen LogP contribution in [0, 0.1) is 17.8 Å². The predicted molar refractivity (Wildman–Crippen MR) is 99.3 cm³/mol. The number of fused-ring (bicyclic) bond motifs is 1. The van der Waals surface area contributed by atoms with Gasteiger partial charge in [-0.3, -0.25) is 4.79 Å². The summed E-state index contributed by atoms with van der Waals surface area (Å²) in [6, 6.07) is 7.97. The van der Waals surface area contributed by atoms with Gasteiger partial charge in [-0.15, -0.1) is 0 Å². The van der Waals surface area contributed by atoms with Crippen LogP contribution in [0.15, 0.2) is 35.6 Å². The highest BCUT2D eigenvalue weighted by Gasteiger charge is 2.51. The van der Waals surface area contributed by atoms with Crippen molar-refractivity contribution >= 4 is 28.6 Å². The Kier molecular flexibility index (Phi) is 3.73. The van der Waals surface area contributed by atoms with Crippen molar-refractivity contribution in [2.75, 3.05) is 5.75 Å². The van der Waals surface area contributed by atoms with Crippen LogP contribution in [0.5, 0.6) is 0 Å². The lowest BCUT2D eigenvalue weighted by atomic mass is 9.53. The largest absolute Gasteiger partial charge is 0.350 e. The van der Waals surface area contributed by atoms with E-state index in [0.717, 1.165) is 33.7 Å². The minimum Gasteiger partial charge on any atom is -0.350 e. The number of carbonyl (C=O) groups is 1. The van der Waals surface area contributed by atoms with E-state index >= 15 is 0 Å². The molecule has 6 rings (SSSR count). The van der Waals surface area contributed by atoms with Crippen molar-refractivity contribution in [3.8, 4) is 0 Å². The second-order valence-corrected chi connectivity index (χ2v) is 9.19. The molecule has 0 radical (unpaired) electrons. The Morgan fingerprint density at radius 3 is 2.48 bits per heavy atom. The van der Waals surface area contributed by atoms with Crippen molar-refractivity contribution in [1.82, 2.24) is 15.3 Å². The number of thioether (sulfide) groups is 1. The first kappa shape index (κ1) is 15.6. The standard InChI is InChI=1S/C20H23N3OS/c24-18(11-25-19-16-3-1-2-4-17(16)21-12-22-19)23-20-8-13-5-14(9-20)7-15(6-13)10-20/h1-4,12-15H,5-11H2,(H,23,24). The first-order valence-electron chi connectivity index (χ1n) is 9.33. The third-order valence-electron chi connectivity index (χ3n) is 6.29. The number of nitrogens with one attached hydrogen (secondary N) is 1. The van der Waals surface area contributed by atoms with E-state index in [1.54, 1.807) is 6.33 Å². The van der Waals surface area contributed by atoms with Crippen LogP contribution in [0.25, 0.3) is 10.9 Å². The predicted octanol–water partition coefficient (Wildman–Crippen LogP) is 3.81. The van der Waals surface area contributed by atoms with E-state index in [0.29, 0.717) is 5.75 Å². The van der Waals surface area contributed by atoms with Crippen LogP contribution in [0.2, 0.25) is 0 Å². The molecule has 0 spiro atoms. The molecular weight excluding hydrogens is 330 g/mol. The molecule has 0 atom stereocenters. The summed E-state index contributed by atoms with van der Waals surface area (Å²) < 4.78 is 0. The number of hydrogen-bond acceptors (Lipinski definition) is 4. The van der Waals surface area contributed by atoms with E-state index < -0.39 is 0 Å². The van der Waals surface area contributed by atoms with E-state index in [-0.39, 0.29) is 11.4 Å². The normalized spacial score (nSPS) is 32.9. The highest BCUT2D eigenvalue weighted by molar-refractivity contribution is 8.00. The number of aromatic nitrogens is 2. The minimum absolute atomic E-state index is 0.0974. The molecule has 0 saturated heterocycles. The first-order valence-corrected chi connectivity index (χ1v) is 10.3. The van der Waals surface area contributed by atoms with Gasteiger partial charge in [-0.1, -0.05) is 30.0 Å². The van der Waals surface area contributed by atoms with Crippen LogP contribution in [-0.2, 0) is 4.79 Å². The van der Waals surface area contributed by atoms with Crippen molar-refractivity contribution in [2.24, 2.45) is 17.8 Å². The van der Waals surface area contributed by atoms with Crippen LogP contribution < -0.4 is 5.32 Å². The Hall–Kier alpha value is -1.62. The van der Waals surface area contributed by atoms with Crippen molar-refractivity contribution in [3.05, 3.63) is 30.6 Å². The Balaban J connectivity index is 1.27. The molecule has 0 unspecified atom stereocenters. The number of nitrogens with zero attached hydrogens (tertiary/aromatic N) is 2. The molecule has 1 amide bonds. The van der Waals surface area contributed by atoms with Gasteiger partial charge in [-0.05, 0) is 62.3 Å². The van der Waals surface area contributed by atoms with E-state index in [9.17, 15) is 4.79 Å². The Morgan fingerprint density at radius 2 is 1.76 bits per heavy atom. The fraction of sp³-hybridized carbons (Fsp3) is 0.550. The second kappa shape index (κ2) is 5.97. The molecule has 4 nitrogen and oxygen atoms in total. The molecular formula is C20H23N3OS. The quantitative estimate of drug-likeness (QED) is 0.671.